The van der Waals surface area contributed by atoms with Crippen molar-refractivity contribution in [1.82, 2.24) is 0 Å². The van der Waals surface area contributed by atoms with E-state index >= 15 is 0 Å². The average molecular weight is 268 g/mol. The van der Waals surface area contributed by atoms with E-state index in [4.69, 9.17) is 5.73 Å². The van der Waals surface area contributed by atoms with E-state index in [2.05, 4.69) is 75.2 Å². The van der Waals surface area contributed by atoms with Gasteiger partial charge in [-0.05, 0) is 44.0 Å². The van der Waals surface area contributed by atoms with Gasteiger partial charge in [0.15, 0.2) is 0 Å². The number of nitrogens with two attached hydrogens (primary N) is 1. The van der Waals surface area contributed by atoms with Gasteiger partial charge in [-0.3, -0.25) is 0 Å². The fourth-order valence-corrected chi connectivity index (χ4v) is 2.57. The highest BCUT2D eigenvalue weighted by Gasteiger charge is 2.18. The van der Waals surface area contributed by atoms with Gasteiger partial charge in [-0.2, -0.15) is 0 Å². The molecule has 0 saturated heterocycles. The van der Waals surface area contributed by atoms with Crippen molar-refractivity contribution in [3.8, 4) is 0 Å². The molecule has 1 atom stereocenters. The van der Waals surface area contributed by atoms with Gasteiger partial charge < -0.3 is 10.6 Å². The quantitative estimate of drug-likeness (QED) is 0.915. The van der Waals surface area contributed by atoms with E-state index in [9.17, 15) is 0 Å². The molecule has 0 radical (unpaired) electrons. The Morgan fingerprint density at radius 1 is 0.950 bits per heavy atom. The lowest BCUT2D eigenvalue weighted by molar-refractivity contribution is 0.676. The number of nitrogens with zero attached hydrogens (tertiary/aromatic N) is 1. The first-order valence-electron chi connectivity index (χ1n) is 7.09. The van der Waals surface area contributed by atoms with Gasteiger partial charge in [-0.1, -0.05) is 41.5 Å². The molecule has 2 aromatic rings. The van der Waals surface area contributed by atoms with Crippen LogP contribution in [0, 0.1) is 20.8 Å². The van der Waals surface area contributed by atoms with Crippen molar-refractivity contribution in [2.24, 2.45) is 5.73 Å². The van der Waals surface area contributed by atoms with Crippen LogP contribution in [-0.4, -0.2) is 13.6 Å². The molecule has 106 valence electrons. The molecule has 0 spiro atoms. The van der Waals surface area contributed by atoms with E-state index in [-0.39, 0.29) is 6.04 Å². The molecular weight excluding hydrogens is 244 g/mol. The molecule has 20 heavy (non-hydrogen) atoms. The maximum Gasteiger partial charge on any atom is 0.0664 e. The number of benzene rings is 2. The maximum absolute atomic E-state index is 6.05. The first-order valence-corrected chi connectivity index (χ1v) is 7.09. The van der Waals surface area contributed by atoms with Gasteiger partial charge in [0.1, 0.15) is 0 Å². The molecule has 2 aromatic carbocycles. The molecule has 0 aliphatic heterocycles. The van der Waals surface area contributed by atoms with Gasteiger partial charge in [0.05, 0.1) is 6.04 Å². The zero-order valence-electron chi connectivity index (χ0n) is 12.9. The summed E-state index contributed by atoms with van der Waals surface area (Å²) in [4.78, 5) is 2.27. The van der Waals surface area contributed by atoms with Crippen LogP contribution in [0.3, 0.4) is 0 Å². The molecule has 0 aliphatic rings. The fourth-order valence-electron chi connectivity index (χ4n) is 2.57. The molecule has 0 heterocycles. The topological polar surface area (TPSA) is 29.3 Å². The van der Waals surface area contributed by atoms with Gasteiger partial charge in [-0.25, -0.2) is 0 Å². The Labute approximate surface area is 122 Å². The molecule has 2 rings (SSSR count). The standard InChI is InChI=1S/C18H24N2/c1-13-6-9-16(10-7-13)20(4)18(12-19)17-11-14(2)5-8-15(17)3/h5-11,18H,12,19H2,1-4H3. The second-order valence-corrected chi connectivity index (χ2v) is 5.56. The van der Waals surface area contributed by atoms with E-state index in [1.165, 1.54) is 27.9 Å². The van der Waals surface area contributed by atoms with E-state index in [0.717, 1.165) is 0 Å². The molecule has 2 nitrogen and oxygen atoms in total. The minimum Gasteiger partial charge on any atom is -0.366 e. The predicted molar refractivity (Wildman–Crippen MR) is 87.3 cm³/mol. The summed E-state index contributed by atoms with van der Waals surface area (Å²) in [6.07, 6.45) is 0. The Bertz CT molecular complexity index is 572. The van der Waals surface area contributed by atoms with Gasteiger partial charge in [-0.15, -0.1) is 0 Å². The number of rotatable bonds is 4. The highest BCUT2D eigenvalue weighted by molar-refractivity contribution is 5.50. The lowest BCUT2D eigenvalue weighted by Gasteiger charge is -2.31. The number of likely N-dealkylation sites (N-methyl/N-ethyl adjacent to an activating group) is 1. The van der Waals surface area contributed by atoms with Gasteiger partial charge >= 0.3 is 0 Å². The largest absolute Gasteiger partial charge is 0.366 e. The molecule has 0 amide bonds. The van der Waals surface area contributed by atoms with Gasteiger partial charge in [0, 0.05) is 19.3 Å². The summed E-state index contributed by atoms with van der Waals surface area (Å²) < 4.78 is 0. The SMILES string of the molecule is Cc1ccc(N(C)C(CN)c2cc(C)ccc2C)cc1. The number of anilines is 1. The summed E-state index contributed by atoms with van der Waals surface area (Å²) in [5.74, 6) is 0. The van der Waals surface area contributed by atoms with Crippen LogP contribution in [0.2, 0.25) is 0 Å². The monoisotopic (exact) mass is 268 g/mol. The zero-order valence-corrected chi connectivity index (χ0v) is 12.9. The lowest BCUT2D eigenvalue weighted by Crippen LogP contribution is -2.31. The van der Waals surface area contributed by atoms with E-state index in [1.54, 1.807) is 0 Å². The summed E-state index contributed by atoms with van der Waals surface area (Å²) in [7, 11) is 2.12. The molecule has 0 fully saturated rings. The molecular formula is C18H24N2. The summed E-state index contributed by atoms with van der Waals surface area (Å²) in [6.45, 7) is 6.99. The van der Waals surface area contributed by atoms with E-state index < -0.39 is 0 Å². The number of hydrogen-bond acceptors (Lipinski definition) is 2. The van der Waals surface area contributed by atoms with Crippen LogP contribution in [-0.2, 0) is 0 Å². The highest BCUT2D eigenvalue weighted by Crippen LogP contribution is 2.27. The molecule has 1 unspecified atom stereocenters. The minimum atomic E-state index is 0.206. The molecule has 0 bridgehead atoms. The predicted octanol–water partition coefficient (Wildman–Crippen LogP) is 3.75. The molecule has 0 saturated carbocycles. The van der Waals surface area contributed by atoms with Crippen molar-refractivity contribution in [2.75, 3.05) is 18.5 Å². The zero-order chi connectivity index (χ0) is 14.7. The molecule has 0 aliphatic carbocycles. The van der Waals surface area contributed by atoms with Crippen molar-refractivity contribution in [2.45, 2.75) is 26.8 Å². The Morgan fingerprint density at radius 2 is 1.55 bits per heavy atom. The van der Waals surface area contributed by atoms with Gasteiger partial charge in [0.25, 0.3) is 0 Å². The Kier molecular flexibility index (Phi) is 4.46. The summed E-state index contributed by atoms with van der Waals surface area (Å²) >= 11 is 0. The molecule has 2 heteroatoms. The van der Waals surface area contributed by atoms with Crippen molar-refractivity contribution in [3.63, 3.8) is 0 Å². The van der Waals surface area contributed by atoms with Crippen molar-refractivity contribution < 1.29 is 0 Å². The van der Waals surface area contributed by atoms with Crippen molar-refractivity contribution in [3.05, 3.63) is 64.7 Å². The summed E-state index contributed by atoms with van der Waals surface area (Å²) in [5, 5.41) is 0. The molecule has 2 N–H and O–H groups in total. The Hall–Kier alpha value is -1.80. The minimum absolute atomic E-state index is 0.206. The van der Waals surface area contributed by atoms with Crippen LogP contribution >= 0.6 is 0 Å². The second kappa shape index (κ2) is 6.10. The third-order valence-electron chi connectivity index (χ3n) is 3.93. The van der Waals surface area contributed by atoms with Crippen LogP contribution in [0.25, 0.3) is 0 Å². The smallest absolute Gasteiger partial charge is 0.0664 e. The highest BCUT2D eigenvalue weighted by atomic mass is 15.1. The first kappa shape index (κ1) is 14.6. The van der Waals surface area contributed by atoms with Crippen LogP contribution in [0.5, 0.6) is 0 Å². The maximum atomic E-state index is 6.05. The lowest BCUT2D eigenvalue weighted by atomic mass is 9.97. The Balaban J connectivity index is 2.36. The second-order valence-electron chi connectivity index (χ2n) is 5.56. The average Bonchev–Trinajstić information content (AvgIpc) is 2.44. The normalized spacial score (nSPS) is 12.2. The van der Waals surface area contributed by atoms with Crippen molar-refractivity contribution in [1.29, 1.82) is 0 Å². The van der Waals surface area contributed by atoms with Crippen LogP contribution in [0.15, 0.2) is 42.5 Å². The summed E-state index contributed by atoms with van der Waals surface area (Å²) in [6, 6.07) is 15.4. The van der Waals surface area contributed by atoms with Crippen molar-refractivity contribution >= 4 is 5.69 Å². The summed E-state index contributed by atoms with van der Waals surface area (Å²) in [5.41, 5.74) is 12.4. The third kappa shape index (κ3) is 3.02. The van der Waals surface area contributed by atoms with Crippen LogP contribution < -0.4 is 10.6 Å². The molecule has 0 aromatic heterocycles. The van der Waals surface area contributed by atoms with E-state index in [1.807, 2.05) is 0 Å². The fraction of sp³-hybridized carbons (Fsp3) is 0.333. The van der Waals surface area contributed by atoms with Gasteiger partial charge in [0.2, 0.25) is 0 Å². The van der Waals surface area contributed by atoms with Crippen LogP contribution in [0.4, 0.5) is 5.69 Å². The van der Waals surface area contributed by atoms with E-state index in [0.29, 0.717) is 6.54 Å². The number of aryl methyl sites for hydroxylation is 3. The Morgan fingerprint density at radius 3 is 2.15 bits per heavy atom. The first-order chi connectivity index (χ1) is 9.52. The third-order valence-corrected chi connectivity index (χ3v) is 3.93. The van der Waals surface area contributed by atoms with Crippen LogP contribution in [0.1, 0.15) is 28.3 Å². The number of hydrogen-bond donors (Lipinski definition) is 1.